The van der Waals surface area contributed by atoms with E-state index in [2.05, 4.69) is 0 Å². The summed E-state index contributed by atoms with van der Waals surface area (Å²) < 4.78 is 4.76. The molecule has 0 aliphatic carbocycles. The molecule has 0 aliphatic rings. The van der Waals surface area contributed by atoms with Gasteiger partial charge < -0.3 is 65.4 Å². The van der Waals surface area contributed by atoms with Gasteiger partial charge in [0.1, 0.15) is 48.8 Å². The van der Waals surface area contributed by atoms with Gasteiger partial charge in [-0.3, -0.25) is 0 Å². The van der Waals surface area contributed by atoms with Crippen LogP contribution < -0.4 is 0 Å². The predicted molar refractivity (Wildman–Crippen MR) is 89.8 cm³/mol. The number of hydrogen-bond acceptors (Lipinski definition) is 13. The topological polar surface area (TPSA) is 246 Å². The van der Waals surface area contributed by atoms with Crippen molar-refractivity contribution in [3.63, 3.8) is 0 Å². The fourth-order valence-corrected chi connectivity index (χ4v) is 1.70. The second-order valence-corrected chi connectivity index (χ2v) is 5.60. The van der Waals surface area contributed by atoms with Crippen LogP contribution in [0.15, 0.2) is 0 Å². The molecule has 0 aromatic heterocycles. The van der Waals surface area contributed by atoms with E-state index in [-0.39, 0.29) is 25.8 Å². The van der Waals surface area contributed by atoms with Gasteiger partial charge in [-0.1, -0.05) is 0 Å². The van der Waals surface area contributed by atoms with Gasteiger partial charge in [0.25, 0.3) is 0 Å². The third-order valence-electron chi connectivity index (χ3n) is 3.43. The molecule has 0 unspecified atom stereocenters. The zero-order valence-corrected chi connectivity index (χ0v) is 15.0. The number of aliphatic hydroxyl groups excluding tert-OH is 10. The molecule has 10 N–H and O–H groups in total. The van der Waals surface area contributed by atoms with Crippen molar-refractivity contribution in [1.82, 2.24) is 0 Å². The number of aliphatic hydroxyl groups is 10. The summed E-state index contributed by atoms with van der Waals surface area (Å²) in [6.07, 6.45) is -15.0. The van der Waals surface area contributed by atoms with E-state index in [4.69, 9.17) is 25.2 Å². The van der Waals surface area contributed by atoms with Gasteiger partial charge in [0.2, 0.25) is 0 Å². The molecule has 13 heteroatoms. The van der Waals surface area contributed by atoms with E-state index in [0.717, 1.165) is 0 Å². The first kappa shape index (κ1) is 29.1. The molecule has 13 nitrogen and oxygen atoms in total. The lowest BCUT2D eigenvalue weighted by Gasteiger charge is -2.30. The molecule has 0 radical (unpaired) electrons. The van der Waals surface area contributed by atoms with Crippen LogP contribution in [0.4, 0.5) is 0 Å². The second-order valence-electron chi connectivity index (χ2n) is 5.60. The molecule has 0 bridgehead atoms. The number of ether oxygens (including phenoxy) is 1. The summed E-state index contributed by atoms with van der Waals surface area (Å²) in [4.78, 5) is 21.8. The molecular weight excluding hydrogens is 388 g/mol. The minimum Gasteiger partial charge on any atom is -0.396 e. The fraction of sp³-hybridized carbons (Fsp3) is 0.867. The molecule has 0 aromatic rings. The summed E-state index contributed by atoms with van der Waals surface area (Å²) in [5.41, 5.74) is 0. The van der Waals surface area contributed by atoms with E-state index in [1.165, 1.54) is 0 Å². The molecule has 0 saturated carbocycles. The quantitative estimate of drug-likeness (QED) is 0.118. The number of hydrogen-bond donors (Lipinski definition) is 10. The summed E-state index contributed by atoms with van der Waals surface area (Å²) >= 11 is 0. The maximum absolute atomic E-state index is 10.9. The smallest absolute Gasteiger partial charge is 0.151 e. The van der Waals surface area contributed by atoms with Gasteiger partial charge in [-0.25, -0.2) is 0 Å². The Hall–Kier alpha value is -1.10. The first-order valence-electron chi connectivity index (χ1n) is 8.24. The summed E-state index contributed by atoms with van der Waals surface area (Å²) in [5.74, 6) is 0. The van der Waals surface area contributed by atoms with E-state index in [1.807, 2.05) is 0 Å². The second kappa shape index (κ2) is 16.8. The molecule has 0 amide bonds. The minimum absolute atomic E-state index is 0.0317. The third-order valence-corrected chi connectivity index (χ3v) is 3.43. The highest BCUT2D eigenvalue weighted by atomic mass is 16.5. The highest BCUT2D eigenvalue weighted by molar-refractivity contribution is 5.61. The van der Waals surface area contributed by atoms with E-state index in [1.54, 1.807) is 0 Å². The number of carbonyl (C=O) groups is 2. The van der Waals surface area contributed by atoms with Crippen LogP contribution in [0.3, 0.4) is 0 Å². The van der Waals surface area contributed by atoms with Gasteiger partial charge in [0.05, 0.1) is 13.2 Å². The van der Waals surface area contributed by atoms with Gasteiger partial charge in [0, 0.05) is 13.2 Å². The molecule has 0 fully saturated rings. The SMILES string of the molecule is O=C[C@H](O[C@@H](C=O)[C@@H](O)[C@H](O)[C@H](O)CO)[C@@H](O)[C@H](O)[C@H](O)CO.OCCCO. The van der Waals surface area contributed by atoms with E-state index >= 15 is 0 Å². The van der Waals surface area contributed by atoms with Crippen molar-refractivity contribution >= 4 is 12.6 Å². The average molecular weight is 418 g/mol. The number of aldehydes is 2. The zero-order valence-electron chi connectivity index (χ0n) is 15.0. The summed E-state index contributed by atoms with van der Waals surface area (Å²) in [6, 6.07) is 0. The average Bonchev–Trinajstić information content (AvgIpc) is 2.72. The van der Waals surface area contributed by atoms with Crippen LogP contribution in [0, 0.1) is 0 Å². The van der Waals surface area contributed by atoms with Crippen LogP contribution in [0.5, 0.6) is 0 Å². The van der Waals surface area contributed by atoms with Crippen LogP contribution in [0.1, 0.15) is 6.42 Å². The Kier molecular flexibility index (Phi) is 17.5. The first-order valence-corrected chi connectivity index (χ1v) is 8.24. The number of carbonyl (C=O) groups excluding carboxylic acids is 2. The van der Waals surface area contributed by atoms with E-state index in [0.29, 0.717) is 6.42 Å². The zero-order chi connectivity index (χ0) is 22.3. The maximum atomic E-state index is 10.9. The fourth-order valence-electron chi connectivity index (χ4n) is 1.70. The van der Waals surface area contributed by atoms with Crippen LogP contribution in [0.2, 0.25) is 0 Å². The molecule has 28 heavy (non-hydrogen) atoms. The molecule has 0 rings (SSSR count). The minimum atomic E-state index is -2.05. The molecule has 0 saturated heterocycles. The van der Waals surface area contributed by atoms with Crippen molar-refractivity contribution in [3.8, 4) is 0 Å². The largest absolute Gasteiger partial charge is 0.396 e. The Morgan fingerprint density at radius 3 is 1.11 bits per heavy atom. The van der Waals surface area contributed by atoms with Gasteiger partial charge in [-0.2, -0.15) is 0 Å². The van der Waals surface area contributed by atoms with Gasteiger partial charge >= 0.3 is 0 Å². The lowest BCUT2D eigenvalue weighted by Crippen LogP contribution is -2.52. The summed E-state index contributed by atoms with van der Waals surface area (Å²) in [7, 11) is 0. The Morgan fingerprint density at radius 2 is 0.929 bits per heavy atom. The van der Waals surface area contributed by atoms with E-state index in [9.17, 15) is 40.2 Å². The van der Waals surface area contributed by atoms with Gasteiger partial charge in [-0.15, -0.1) is 0 Å². The molecule has 0 heterocycles. The molecule has 8 atom stereocenters. The van der Waals surface area contributed by atoms with Crippen molar-refractivity contribution in [1.29, 1.82) is 0 Å². The third kappa shape index (κ3) is 10.4. The predicted octanol–water partition coefficient (Wildman–Crippen LogP) is -6.35. The first-order chi connectivity index (χ1) is 13.2. The van der Waals surface area contributed by atoms with E-state index < -0.39 is 62.0 Å². The maximum Gasteiger partial charge on any atom is 0.151 e. The normalized spacial score (nSPS) is 19.8. The Labute approximate surface area is 160 Å². The Morgan fingerprint density at radius 1 is 0.607 bits per heavy atom. The van der Waals surface area contributed by atoms with Crippen LogP contribution in [0.25, 0.3) is 0 Å². The molecule has 0 spiro atoms. The lowest BCUT2D eigenvalue weighted by atomic mass is 10.0. The highest BCUT2D eigenvalue weighted by Crippen LogP contribution is 2.13. The van der Waals surface area contributed by atoms with Crippen molar-refractivity contribution in [3.05, 3.63) is 0 Å². The standard InChI is InChI=1S/C12H22O11.C3H8O2/c13-1-5(17)9(19)11(21)7(3-15)23-8(4-16)12(22)10(20)6(18)2-14;4-2-1-3-5/h3-14,17-22H,1-2H2;4-5H,1-3H2/t5-,6-,7+,8+,9-,10-,11-,12-;/m1./s1. The van der Waals surface area contributed by atoms with Crippen molar-refractivity contribution in [2.24, 2.45) is 0 Å². The van der Waals surface area contributed by atoms with Gasteiger partial charge in [-0.05, 0) is 6.42 Å². The monoisotopic (exact) mass is 418 g/mol. The van der Waals surface area contributed by atoms with Crippen LogP contribution >= 0.6 is 0 Å². The molecule has 0 aliphatic heterocycles. The number of rotatable bonds is 14. The molecular formula is C15H30O13. The van der Waals surface area contributed by atoms with Crippen LogP contribution in [-0.4, -0.2) is 139 Å². The van der Waals surface area contributed by atoms with Crippen molar-refractivity contribution < 1.29 is 65.4 Å². The lowest BCUT2D eigenvalue weighted by molar-refractivity contribution is -0.180. The molecule has 168 valence electrons. The highest BCUT2D eigenvalue weighted by Gasteiger charge is 2.37. The molecule has 0 aromatic carbocycles. The van der Waals surface area contributed by atoms with Crippen molar-refractivity contribution in [2.75, 3.05) is 26.4 Å². The Balaban J connectivity index is 0. The Bertz CT molecular complexity index is 362. The summed E-state index contributed by atoms with van der Waals surface area (Å²) in [6.45, 7) is -1.66. The van der Waals surface area contributed by atoms with Crippen molar-refractivity contribution in [2.45, 2.75) is 55.3 Å². The summed E-state index contributed by atoms with van der Waals surface area (Å²) in [5, 5.41) is 89.8. The van der Waals surface area contributed by atoms with Crippen LogP contribution in [-0.2, 0) is 14.3 Å². The van der Waals surface area contributed by atoms with Gasteiger partial charge in [0.15, 0.2) is 12.6 Å².